The fraction of sp³-hybridized carbons (Fsp3) is 0.0714. The van der Waals surface area contributed by atoms with Crippen molar-refractivity contribution in [1.82, 2.24) is 40.3 Å². The monoisotopic (exact) mass is 606 g/mol. The summed E-state index contributed by atoms with van der Waals surface area (Å²) < 4.78 is 89.5. The fourth-order valence-corrected chi connectivity index (χ4v) is 4.25. The summed E-state index contributed by atoms with van der Waals surface area (Å²) in [7, 11) is 0. The zero-order valence-corrected chi connectivity index (χ0v) is 21.6. The third-order valence-electron chi connectivity index (χ3n) is 6.38. The highest BCUT2D eigenvalue weighted by atomic mass is 19.4. The van der Waals surface area contributed by atoms with Gasteiger partial charge in [-0.2, -0.15) is 26.3 Å². The van der Waals surface area contributed by atoms with Crippen LogP contribution in [0.5, 0.6) is 0 Å². The van der Waals surface area contributed by atoms with Gasteiger partial charge in [0.25, 0.3) is 11.8 Å². The molecule has 0 N–H and O–H groups in total. The van der Waals surface area contributed by atoms with Crippen LogP contribution in [0.3, 0.4) is 0 Å². The van der Waals surface area contributed by atoms with Crippen LogP contribution in [0.2, 0.25) is 0 Å². The number of halogens is 6. The quantitative estimate of drug-likeness (QED) is 0.192. The lowest BCUT2D eigenvalue weighted by Crippen LogP contribution is -2.04. The van der Waals surface area contributed by atoms with E-state index in [1.165, 1.54) is 24.5 Å². The molecule has 0 bridgehead atoms. The minimum atomic E-state index is -4.51. The van der Waals surface area contributed by atoms with Gasteiger partial charge in [0.05, 0.1) is 45.6 Å². The zero-order valence-electron chi connectivity index (χ0n) is 21.6. The summed E-state index contributed by atoms with van der Waals surface area (Å²) in [6.07, 6.45) is -6.54. The highest BCUT2D eigenvalue weighted by molar-refractivity contribution is 5.78. The van der Waals surface area contributed by atoms with Gasteiger partial charge in [0, 0.05) is 11.1 Å². The van der Waals surface area contributed by atoms with Gasteiger partial charge in [-0.25, -0.2) is 9.97 Å². The van der Waals surface area contributed by atoms with Gasteiger partial charge in [0.1, 0.15) is 11.4 Å². The van der Waals surface area contributed by atoms with Crippen LogP contribution in [0.1, 0.15) is 11.1 Å². The first-order valence-electron chi connectivity index (χ1n) is 12.5. The van der Waals surface area contributed by atoms with Crippen molar-refractivity contribution in [2.75, 3.05) is 0 Å². The van der Waals surface area contributed by atoms with E-state index < -0.39 is 23.5 Å². The van der Waals surface area contributed by atoms with Crippen molar-refractivity contribution < 1.29 is 35.2 Å². The van der Waals surface area contributed by atoms with Crippen molar-refractivity contribution >= 4 is 22.1 Å². The van der Waals surface area contributed by atoms with Gasteiger partial charge in [-0.15, -0.1) is 20.4 Å². The Morgan fingerprint density at radius 3 is 1.34 bits per heavy atom. The highest BCUT2D eigenvalue weighted by Gasteiger charge is 2.31. The Kier molecular flexibility index (Phi) is 6.08. The topological polar surface area (TPSA) is 129 Å². The van der Waals surface area contributed by atoms with Crippen LogP contribution in [0.4, 0.5) is 26.3 Å². The maximum Gasteiger partial charge on any atom is 0.416 e. The van der Waals surface area contributed by atoms with Gasteiger partial charge in [-0.3, -0.25) is 9.97 Å². The third-order valence-corrected chi connectivity index (χ3v) is 6.38. The minimum Gasteiger partial charge on any atom is -0.415 e. The SMILES string of the molecule is FC(F)(F)c1ccc2nc(-c3nnc(-c4cccc(-c5nnc(-c6cnc7cc(C(F)(F)F)ccc7n6)o5)c4)o3)cnc2c1. The van der Waals surface area contributed by atoms with Gasteiger partial charge >= 0.3 is 12.4 Å². The lowest BCUT2D eigenvalue weighted by atomic mass is 10.1. The van der Waals surface area contributed by atoms with E-state index in [2.05, 4.69) is 40.3 Å². The van der Waals surface area contributed by atoms with Crippen molar-refractivity contribution in [3.05, 3.63) is 84.2 Å². The standard InChI is InChI=1S/C28H12F6N8O2/c29-27(30,31)15-4-6-17-19(9-15)35-11-21(37-17)25-41-39-23(43-25)13-2-1-3-14(8-13)24-40-42-26(44-24)22-12-36-20-10-16(28(32,33)34)5-7-18(20)38-22/h1-12H. The fourth-order valence-electron chi connectivity index (χ4n) is 4.25. The summed E-state index contributed by atoms with van der Waals surface area (Å²) in [5.41, 5.74) is 0.159. The summed E-state index contributed by atoms with van der Waals surface area (Å²) in [6, 6.07) is 12.7. The average molecular weight is 606 g/mol. The molecule has 10 nitrogen and oxygen atoms in total. The molecule has 0 aliphatic carbocycles. The maximum absolute atomic E-state index is 13.0. The average Bonchev–Trinajstić information content (AvgIpc) is 3.70. The Balaban J connectivity index is 1.14. The summed E-state index contributed by atoms with van der Waals surface area (Å²) in [6.45, 7) is 0. The van der Waals surface area contributed by atoms with E-state index in [0.717, 1.165) is 24.3 Å². The molecule has 0 amide bonds. The first kappa shape index (κ1) is 27.1. The van der Waals surface area contributed by atoms with Crippen LogP contribution in [-0.4, -0.2) is 40.3 Å². The van der Waals surface area contributed by atoms with Crippen LogP contribution < -0.4 is 0 Å². The molecule has 0 atom stereocenters. The molecule has 0 radical (unpaired) electrons. The van der Waals surface area contributed by atoms with E-state index in [1.54, 1.807) is 24.3 Å². The number of hydrogen-bond donors (Lipinski definition) is 0. The number of fused-ring (bicyclic) bond motifs is 2. The van der Waals surface area contributed by atoms with Crippen LogP contribution in [-0.2, 0) is 12.4 Å². The second kappa shape index (κ2) is 9.89. The van der Waals surface area contributed by atoms with Crippen LogP contribution in [0.15, 0.2) is 81.9 Å². The Labute approximate surface area is 240 Å². The largest absolute Gasteiger partial charge is 0.416 e. The van der Waals surface area contributed by atoms with Gasteiger partial charge in [0.2, 0.25) is 11.8 Å². The van der Waals surface area contributed by atoms with Crippen molar-refractivity contribution in [3.8, 4) is 46.1 Å². The van der Waals surface area contributed by atoms with Crippen molar-refractivity contribution in [2.24, 2.45) is 0 Å². The predicted octanol–water partition coefficient (Wildman–Crippen LogP) is 7.04. The Hall–Kier alpha value is -5.80. The molecule has 0 aliphatic rings. The molecule has 0 saturated heterocycles. The van der Waals surface area contributed by atoms with Crippen LogP contribution >= 0.6 is 0 Å². The molecular formula is C28H12F6N8O2. The summed E-state index contributed by atoms with van der Waals surface area (Å²) in [4.78, 5) is 16.7. The lowest BCUT2D eigenvalue weighted by molar-refractivity contribution is -0.138. The molecule has 0 saturated carbocycles. The normalized spacial score (nSPS) is 12.3. The van der Waals surface area contributed by atoms with E-state index in [9.17, 15) is 26.3 Å². The van der Waals surface area contributed by atoms with Crippen LogP contribution in [0.25, 0.3) is 68.1 Å². The molecule has 0 aliphatic heterocycles. The van der Waals surface area contributed by atoms with Gasteiger partial charge < -0.3 is 8.83 Å². The molecule has 16 heteroatoms. The van der Waals surface area contributed by atoms with E-state index in [-0.39, 0.29) is 57.0 Å². The van der Waals surface area contributed by atoms with E-state index in [0.29, 0.717) is 11.1 Å². The zero-order chi connectivity index (χ0) is 30.6. The second-order valence-corrected chi connectivity index (χ2v) is 9.32. The lowest BCUT2D eigenvalue weighted by Gasteiger charge is -2.07. The maximum atomic E-state index is 13.0. The Morgan fingerprint density at radius 1 is 0.477 bits per heavy atom. The van der Waals surface area contributed by atoms with Crippen molar-refractivity contribution in [2.45, 2.75) is 12.4 Å². The van der Waals surface area contributed by atoms with E-state index in [4.69, 9.17) is 8.83 Å². The summed E-state index contributed by atoms with van der Waals surface area (Å²) >= 11 is 0. The summed E-state index contributed by atoms with van der Waals surface area (Å²) in [5, 5.41) is 16.1. The van der Waals surface area contributed by atoms with Crippen LogP contribution in [0, 0.1) is 0 Å². The molecule has 218 valence electrons. The summed E-state index contributed by atoms with van der Waals surface area (Å²) in [5.74, 6) is 0.207. The third kappa shape index (κ3) is 5.05. The van der Waals surface area contributed by atoms with Gasteiger partial charge in [0.15, 0.2) is 0 Å². The molecular weight excluding hydrogens is 594 g/mol. The molecule has 0 spiro atoms. The second-order valence-electron chi connectivity index (χ2n) is 9.32. The minimum absolute atomic E-state index is 0.00277. The molecule has 7 aromatic rings. The van der Waals surface area contributed by atoms with Crippen molar-refractivity contribution in [1.29, 1.82) is 0 Å². The van der Waals surface area contributed by atoms with Gasteiger partial charge in [-0.1, -0.05) is 6.07 Å². The number of rotatable bonds is 4. The molecule has 44 heavy (non-hydrogen) atoms. The van der Waals surface area contributed by atoms with E-state index in [1.807, 2.05) is 0 Å². The smallest absolute Gasteiger partial charge is 0.415 e. The molecule has 3 aromatic carbocycles. The molecule has 0 unspecified atom stereocenters. The number of benzene rings is 3. The number of alkyl halides is 6. The number of hydrogen-bond acceptors (Lipinski definition) is 10. The van der Waals surface area contributed by atoms with Gasteiger partial charge in [-0.05, 0) is 54.6 Å². The van der Waals surface area contributed by atoms with E-state index >= 15 is 0 Å². The van der Waals surface area contributed by atoms with Crippen molar-refractivity contribution in [3.63, 3.8) is 0 Å². The first-order chi connectivity index (χ1) is 21.0. The Bertz CT molecular complexity index is 2040. The molecule has 0 fully saturated rings. The predicted molar refractivity (Wildman–Crippen MR) is 140 cm³/mol. The number of nitrogens with zero attached hydrogens (tertiary/aromatic N) is 8. The highest BCUT2D eigenvalue weighted by Crippen LogP contribution is 2.33. The molecule has 4 aromatic heterocycles. The molecule has 7 rings (SSSR count). The number of aromatic nitrogens is 8. The first-order valence-corrected chi connectivity index (χ1v) is 12.5. The molecule has 4 heterocycles. The Morgan fingerprint density at radius 2 is 0.909 bits per heavy atom.